The summed E-state index contributed by atoms with van der Waals surface area (Å²) in [4.78, 5) is 31.3. The summed E-state index contributed by atoms with van der Waals surface area (Å²) in [7, 11) is -0.679. The Hall–Kier alpha value is -3.47. The number of rotatable bonds is 6. The van der Waals surface area contributed by atoms with Gasteiger partial charge < -0.3 is 20.7 Å². The summed E-state index contributed by atoms with van der Waals surface area (Å²) in [6, 6.07) is 21.9. The van der Waals surface area contributed by atoms with Crippen LogP contribution >= 0.6 is 8.58 Å². The number of nitrogens with one attached hydrogen (secondary N) is 1. The van der Waals surface area contributed by atoms with Crippen molar-refractivity contribution in [3.63, 3.8) is 0 Å². The Kier molecular flexibility index (Phi) is 5.04. The third-order valence-electron chi connectivity index (χ3n) is 5.92. The Morgan fingerprint density at radius 1 is 1.03 bits per heavy atom. The van der Waals surface area contributed by atoms with Gasteiger partial charge in [-0.25, -0.2) is 0 Å². The standard InChI is InChI=1S/C25H22N3O3P/c26-20-10-4-1-8-18(20)23(29)32-25(31)19-9-3-6-12-22(19)28(24(25)30)14-13-16-15-27-21-11-5-2-7-17(16)21/h1-12,15,27,31-32H,13-14,26H2/t25-/m0/s1. The number of nitrogens with two attached hydrogens (primary N) is 1. The minimum atomic E-state index is -1.89. The molecule has 6 nitrogen and oxygen atoms in total. The van der Waals surface area contributed by atoms with Gasteiger partial charge in [0.2, 0.25) is 0 Å². The fourth-order valence-corrected chi connectivity index (χ4v) is 5.56. The minimum Gasteiger partial charge on any atom is -0.398 e. The number of hydrogen-bond acceptors (Lipinski definition) is 4. The summed E-state index contributed by atoms with van der Waals surface area (Å²) in [5.74, 6) is -0.472. The van der Waals surface area contributed by atoms with Crippen LogP contribution in [0.5, 0.6) is 0 Å². The molecule has 1 aliphatic heterocycles. The highest BCUT2D eigenvalue weighted by Gasteiger charge is 2.51. The number of aromatic nitrogens is 1. The summed E-state index contributed by atoms with van der Waals surface area (Å²) in [6.45, 7) is 0.395. The molecule has 2 heterocycles. The van der Waals surface area contributed by atoms with Crippen molar-refractivity contribution in [2.45, 2.75) is 11.8 Å². The maximum atomic E-state index is 13.5. The van der Waals surface area contributed by atoms with Gasteiger partial charge in [0, 0.05) is 49.0 Å². The Labute approximate surface area is 186 Å². The summed E-state index contributed by atoms with van der Waals surface area (Å²) >= 11 is 0. The number of carbonyl (C=O) groups is 2. The zero-order chi connectivity index (χ0) is 22.3. The summed E-state index contributed by atoms with van der Waals surface area (Å²) in [5, 5.41) is 10.7. The molecule has 5 rings (SSSR count). The fourth-order valence-electron chi connectivity index (χ4n) is 4.28. The highest BCUT2D eigenvalue weighted by atomic mass is 31.1. The largest absolute Gasteiger partial charge is 0.398 e. The predicted octanol–water partition coefficient (Wildman–Crippen LogP) is 4.00. The Morgan fingerprint density at radius 2 is 1.75 bits per heavy atom. The first-order valence-electron chi connectivity index (χ1n) is 10.3. The Bertz CT molecular complexity index is 1350. The van der Waals surface area contributed by atoms with E-state index in [-0.39, 0.29) is 5.52 Å². The molecule has 0 bridgehead atoms. The molecule has 0 fully saturated rings. The number of H-pyrrole nitrogens is 1. The molecule has 4 N–H and O–H groups in total. The molecule has 4 aromatic rings. The number of nitrogens with zero attached hydrogens (tertiary/aromatic N) is 1. The Balaban J connectivity index is 1.44. The molecule has 1 unspecified atom stereocenters. The molecule has 160 valence electrons. The third-order valence-corrected chi connectivity index (χ3v) is 7.26. The van der Waals surface area contributed by atoms with E-state index in [1.165, 1.54) is 0 Å². The highest BCUT2D eigenvalue weighted by molar-refractivity contribution is 7.60. The van der Waals surface area contributed by atoms with Gasteiger partial charge in [0.25, 0.3) is 5.91 Å². The molecular formula is C25H22N3O3P. The van der Waals surface area contributed by atoms with Crippen LogP contribution in [-0.2, 0) is 16.6 Å². The van der Waals surface area contributed by atoms with Crippen molar-refractivity contribution in [3.8, 4) is 0 Å². The first-order valence-corrected chi connectivity index (χ1v) is 11.3. The van der Waals surface area contributed by atoms with E-state index in [0.717, 1.165) is 16.5 Å². The average molecular weight is 443 g/mol. The average Bonchev–Trinajstić information content (AvgIpc) is 3.30. The number of amides is 1. The van der Waals surface area contributed by atoms with Crippen molar-refractivity contribution in [2.75, 3.05) is 17.2 Å². The molecule has 32 heavy (non-hydrogen) atoms. The van der Waals surface area contributed by atoms with Gasteiger partial charge in [-0.15, -0.1) is 0 Å². The SMILES string of the molecule is Nc1ccccc1C(=O)P[C@]1(O)C(=O)N(CCc2c[nH]c3ccccc23)c2ccccc21. The second-order valence-electron chi connectivity index (χ2n) is 7.84. The Morgan fingerprint density at radius 3 is 2.59 bits per heavy atom. The van der Waals surface area contributed by atoms with Crippen LogP contribution in [0.3, 0.4) is 0 Å². The predicted molar refractivity (Wildman–Crippen MR) is 128 cm³/mol. The van der Waals surface area contributed by atoms with Crippen LogP contribution in [-0.4, -0.2) is 28.1 Å². The van der Waals surface area contributed by atoms with E-state index < -0.39 is 19.8 Å². The number of hydrogen-bond donors (Lipinski definition) is 3. The lowest BCUT2D eigenvalue weighted by Crippen LogP contribution is -2.39. The van der Waals surface area contributed by atoms with E-state index in [0.29, 0.717) is 35.5 Å². The van der Waals surface area contributed by atoms with Gasteiger partial charge in [0.05, 0.1) is 5.69 Å². The van der Waals surface area contributed by atoms with Crippen molar-refractivity contribution < 1.29 is 14.7 Å². The van der Waals surface area contributed by atoms with E-state index in [1.807, 2.05) is 42.6 Å². The van der Waals surface area contributed by atoms with Crippen molar-refractivity contribution in [2.24, 2.45) is 0 Å². The van der Waals surface area contributed by atoms with E-state index in [9.17, 15) is 14.7 Å². The third kappa shape index (κ3) is 3.29. The lowest BCUT2D eigenvalue weighted by Gasteiger charge is -2.23. The molecule has 2 atom stereocenters. The second-order valence-corrected chi connectivity index (χ2v) is 9.26. The molecule has 0 saturated heterocycles. The molecule has 0 aliphatic carbocycles. The van der Waals surface area contributed by atoms with Gasteiger partial charge in [0.15, 0.2) is 10.9 Å². The van der Waals surface area contributed by atoms with Crippen molar-refractivity contribution in [3.05, 3.63) is 95.7 Å². The number of aliphatic hydroxyl groups is 1. The van der Waals surface area contributed by atoms with Gasteiger partial charge in [-0.1, -0.05) is 48.5 Å². The smallest absolute Gasteiger partial charge is 0.268 e. The van der Waals surface area contributed by atoms with Crippen LogP contribution in [0.4, 0.5) is 11.4 Å². The topological polar surface area (TPSA) is 99.4 Å². The van der Waals surface area contributed by atoms with Crippen LogP contribution in [0.15, 0.2) is 79.0 Å². The number of fused-ring (bicyclic) bond motifs is 2. The molecule has 7 heteroatoms. The molecule has 0 radical (unpaired) electrons. The lowest BCUT2D eigenvalue weighted by molar-refractivity contribution is -0.128. The number of carbonyl (C=O) groups excluding carboxylic acids is 2. The van der Waals surface area contributed by atoms with Crippen LogP contribution in [0.1, 0.15) is 21.5 Å². The van der Waals surface area contributed by atoms with E-state index in [4.69, 9.17) is 5.73 Å². The first kappa shape index (κ1) is 20.4. The molecule has 0 saturated carbocycles. The monoisotopic (exact) mass is 443 g/mol. The van der Waals surface area contributed by atoms with E-state index >= 15 is 0 Å². The second kappa shape index (κ2) is 7.90. The van der Waals surface area contributed by atoms with Crippen LogP contribution in [0.2, 0.25) is 0 Å². The maximum absolute atomic E-state index is 13.5. The normalized spacial score (nSPS) is 18.0. The molecule has 3 aromatic carbocycles. The van der Waals surface area contributed by atoms with Gasteiger partial charge in [-0.2, -0.15) is 0 Å². The van der Waals surface area contributed by atoms with Crippen molar-refractivity contribution in [1.82, 2.24) is 4.98 Å². The van der Waals surface area contributed by atoms with Gasteiger partial charge >= 0.3 is 0 Å². The molecule has 0 spiro atoms. The van der Waals surface area contributed by atoms with Crippen LogP contribution < -0.4 is 10.6 Å². The van der Waals surface area contributed by atoms with Crippen molar-refractivity contribution in [1.29, 1.82) is 0 Å². The number of nitrogen functional groups attached to an aromatic ring is 1. The van der Waals surface area contributed by atoms with Crippen LogP contribution in [0.25, 0.3) is 10.9 Å². The van der Waals surface area contributed by atoms with E-state index in [1.54, 1.807) is 41.3 Å². The van der Waals surface area contributed by atoms with Gasteiger partial charge in [-0.05, 0) is 36.2 Å². The van der Waals surface area contributed by atoms with Crippen LogP contribution in [0, 0.1) is 0 Å². The quantitative estimate of drug-likeness (QED) is 0.310. The first-order chi connectivity index (χ1) is 15.5. The molecular weight excluding hydrogens is 421 g/mol. The number of benzene rings is 3. The van der Waals surface area contributed by atoms with E-state index in [2.05, 4.69) is 4.98 Å². The zero-order valence-electron chi connectivity index (χ0n) is 17.2. The molecule has 1 aliphatic rings. The minimum absolute atomic E-state index is 0.321. The summed E-state index contributed by atoms with van der Waals surface area (Å²) in [5.41, 5.74) is 9.50. The lowest BCUT2D eigenvalue weighted by atomic mass is 10.1. The van der Waals surface area contributed by atoms with Gasteiger partial charge in [0.1, 0.15) is 0 Å². The number of aromatic amines is 1. The summed E-state index contributed by atoms with van der Waals surface area (Å²) in [6.07, 6.45) is 2.57. The number of para-hydroxylation sites is 3. The maximum Gasteiger partial charge on any atom is 0.268 e. The van der Waals surface area contributed by atoms with Crippen molar-refractivity contribution >= 4 is 42.3 Å². The molecule has 1 aromatic heterocycles. The molecule has 1 amide bonds. The fraction of sp³-hybridized carbons (Fsp3) is 0.120. The number of anilines is 2. The zero-order valence-corrected chi connectivity index (χ0v) is 18.2. The summed E-state index contributed by atoms with van der Waals surface area (Å²) < 4.78 is 0. The van der Waals surface area contributed by atoms with Gasteiger partial charge in [-0.3, -0.25) is 9.59 Å². The highest BCUT2D eigenvalue weighted by Crippen LogP contribution is 2.51.